The molecule has 30 heavy (non-hydrogen) atoms. The van der Waals surface area contributed by atoms with Gasteiger partial charge in [0.1, 0.15) is 17.6 Å². The summed E-state index contributed by atoms with van der Waals surface area (Å²) in [5.41, 5.74) is 2.33. The highest BCUT2D eigenvalue weighted by Crippen LogP contribution is 2.35. The lowest BCUT2D eigenvalue weighted by Gasteiger charge is -2.34. The predicted octanol–water partition coefficient (Wildman–Crippen LogP) is 2.33. The van der Waals surface area contributed by atoms with Gasteiger partial charge < -0.3 is 25.0 Å². The summed E-state index contributed by atoms with van der Waals surface area (Å²) >= 11 is 0. The van der Waals surface area contributed by atoms with Crippen molar-refractivity contribution in [3.63, 3.8) is 0 Å². The summed E-state index contributed by atoms with van der Waals surface area (Å²) in [6, 6.07) is 4.24. The molecule has 2 aliphatic heterocycles. The number of guanidine groups is 1. The molecular formula is C22H38IN5O2. The van der Waals surface area contributed by atoms with Gasteiger partial charge in [-0.15, -0.1) is 24.0 Å². The van der Waals surface area contributed by atoms with E-state index in [0.29, 0.717) is 13.2 Å². The van der Waals surface area contributed by atoms with Crippen molar-refractivity contribution in [2.45, 2.75) is 39.8 Å². The van der Waals surface area contributed by atoms with Crippen LogP contribution < -0.4 is 20.1 Å². The minimum absolute atomic E-state index is 0. The molecule has 1 aromatic carbocycles. The van der Waals surface area contributed by atoms with Crippen molar-refractivity contribution in [1.82, 2.24) is 20.4 Å². The van der Waals surface area contributed by atoms with Gasteiger partial charge >= 0.3 is 0 Å². The Morgan fingerprint density at radius 2 is 1.90 bits per heavy atom. The Morgan fingerprint density at radius 3 is 2.57 bits per heavy atom. The minimum Gasteiger partial charge on any atom is -0.494 e. The Labute approximate surface area is 198 Å². The molecule has 8 heteroatoms. The van der Waals surface area contributed by atoms with Gasteiger partial charge in [-0.2, -0.15) is 0 Å². The highest BCUT2D eigenvalue weighted by atomic mass is 127. The van der Waals surface area contributed by atoms with Crippen LogP contribution in [0.15, 0.2) is 17.1 Å². The van der Waals surface area contributed by atoms with Crippen molar-refractivity contribution in [2.24, 2.45) is 4.99 Å². The number of likely N-dealkylation sites (N-methyl/N-ethyl adjacent to an activating group) is 1. The fraction of sp³-hybridized carbons (Fsp3) is 0.682. The molecule has 1 unspecified atom stereocenters. The van der Waals surface area contributed by atoms with Crippen LogP contribution >= 0.6 is 24.0 Å². The second-order valence-corrected chi connectivity index (χ2v) is 7.76. The highest BCUT2D eigenvalue weighted by Gasteiger charge is 2.22. The SMILES string of the molecule is CCOc1cc2c(cc1CNC(=NC)NCCN1CCN(CC)CC1)OC(C)C2.I. The highest BCUT2D eigenvalue weighted by molar-refractivity contribution is 14.0. The number of aliphatic imine (C=N–C) groups is 1. The quantitative estimate of drug-likeness (QED) is 0.305. The summed E-state index contributed by atoms with van der Waals surface area (Å²) in [4.78, 5) is 9.38. The molecule has 0 aliphatic carbocycles. The maximum absolute atomic E-state index is 5.92. The van der Waals surface area contributed by atoms with Crippen LogP contribution in [0.2, 0.25) is 0 Å². The number of benzene rings is 1. The van der Waals surface area contributed by atoms with E-state index in [0.717, 1.165) is 62.2 Å². The van der Waals surface area contributed by atoms with E-state index in [2.05, 4.69) is 51.4 Å². The van der Waals surface area contributed by atoms with E-state index >= 15 is 0 Å². The van der Waals surface area contributed by atoms with E-state index in [1.165, 1.54) is 18.7 Å². The molecule has 1 fully saturated rings. The molecule has 0 bridgehead atoms. The first kappa shape index (κ1) is 25.0. The smallest absolute Gasteiger partial charge is 0.191 e. The number of hydrogen-bond acceptors (Lipinski definition) is 5. The van der Waals surface area contributed by atoms with Crippen molar-refractivity contribution >= 4 is 29.9 Å². The summed E-state index contributed by atoms with van der Waals surface area (Å²) < 4.78 is 11.8. The zero-order valence-electron chi connectivity index (χ0n) is 18.9. The predicted molar refractivity (Wildman–Crippen MR) is 134 cm³/mol. The lowest BCUT2D eigenvalue weighted by molar-refractivity contribution is 0.139. The summed E-state index contributed by atoms with van der Waals surface area (Å²) in [6.45, 7) is 15.4. The van der Waals surface area contributed by atoms with E-state index in [1.807, 2.05) is 14.0 Å². The minimum atomic E-state index is 0. The number of ether oxygens (including phenoxy) is 2. The summed E-state index contributed by atoms with van der Waals surface area (Å²) in [6.07, 6.45) is 1.18. The molecule has 0 amide bonds. The fourth-order valence-corrected chi connectivity index (χ4v) is 3.97. The van der Waals surface area contributed by atoms with Gasteiger partial charge in [-0.25, -0.2) is 0 Å². The van der Waals surface area contributed by atoms with Crippen molar-refractivity contribution in [1.29, 1.82) is 0 Å². The van der Waals surface area contributed by atoms with Gasteiger partial charge in [-0.3, -0.25) is 9.89 Å². The van der Waals surface area contributed by atoms with Crippen LogP contribution in [-0.2, 0) is 13.0 Å². The van der Waals surface area contributed by atoms with Gasteiger partial charge in [-0.05, 0) is 32.5 Å². The van der Waals surface area contributed by atoms with Gasteiger partial charge in [0.25, 0.3) is 0 Å². The summed E-state index contributed by atoms with van der Waals surface area (Å²) in [7, 11) is 1.81. The standard InChI is InChI=1S/C22H37N5O2.HI/c1-5-26-9-11-27(12-10-26)8-7-24-22(23-4)25-16-19-15-21-18(13-17(3)29-21)14-20(19)28-6-2;/h14-15,17H,5-13,16H2,1-4H3,(H2,23,24,25);1H. The number of rotatable bonds is 8. The lowest BCUT2D eigenvalue weighted by atomic mass is 10.1. The zero-order valence-corrected chi connectivity index (χ0v) is 21.2. The first-order chi connectivity index (χ1) is 14.1. The van der Waals surface area contributed by atoms with Crippen LogP contribution in [0, 0.1) is 0 Å². The Balaban J connectivity index is 0.00000320. The fourth-order valence-electron chi connectivity index (χ4n) is 3.97. The van der Waals surface area contributed by atoms with Gasteiger partial charge in [0.05, 0.1) is 6.61 Å². The molecule has 170 valence electrons. The van der Waals surface area contributed by atoms with Gasteiger partial charge in [-0.1, -0.05) is 6.92 Å². The first-order valence-corrected chi connectivity index (χ1v) is 11.0. The number of halogens is 1. The van der Waals surface area contributed by atoms with Crippen LogP contribution in [-0.4, -0.2) is 81.3 Å². The second kappa shape index (κ2) is 12.6. The molecule has 0 spiro atoms. The molecule has 1 atom stereocenters. The number of fused-ring (bicyclic) bond motifs is 1. The van der Waals surface area contributed by atoms with Gasteiger partial charge in [0, 0.05) is 70.4 Å². The molecule has 2 aliphatic rings. The summed E-state index contributed by atoms with van der Waals surface area (Å²) in [5.74, 6) is 2.72. The van der Waals surface area contributed by atoms with E-state index in [4.69, 9.17) is 9.47 Å². The Bertz CT molecular complexity index is 692. The van der Waals surface area contributed by atoms with Crippen molar-refractivity contribution in [2.75, 3.05) is 59.5 Å². The average molecular weight is 531 g/mol. The Kier molecular flexibility index (Phi) is 10.5. The number of piperazine rings is 1. The Hall–Kier alpha value is -1.26. The van der Waals surface area contributed by atoms with Crippen LogP contribution in [0.4, 0.5) is 0 Å². The van der Waals surface area contributed by atoms with Crippen molar-refractivity contribution < 1.29 is 9.47 Å². The van der Waals surface area contributed by atoms with E-state index in [-0.39, 0.29) is 30.1 Å². The monoisotopic (exact) mass is 531 g/mol. The van der Waals surface area contributed by atoms with Crippen LogP contribution in [0.5, 0.6) is 11.5 Å². The summed E-state index contributed by atoms with van der Waals surface area (Å²) in [5, 5.41) is 6.85. The number of hydrogen-bond donors (Lipinski definition) is 2. The van der Waals surface area contributed by atoms with Crippen molar-refractivity contribution in [3.05, 3.63) is 23.3 Å². The molecule has 0 radical (unpaired) electrons. The maximum Gasteiger partial charge on any atom is 0.191 e. The molecule has 0 saturated carbocycles. The van der Waals surface area contributed by atoms with Crippen LogP contribution in [0.25, 0.3) is 0 Å². The van der Waals surface area contributed by atoms with Crippen LogP contribution in [0.3, 0.4) is 0 Å². The zero-order chi connectivity index (χ0) is 20.6. The molecule has 3 rings (SSSR count). The normalized spacial score (nSPS) is 19.6. The topological polar surface area (TPSA) is 61.4 Å². The van der Waals surface area contributed by atoms with E-state index in [9.17, 15) is 0 Å². The number of nitrogens with zero attached hydrogens (tertiary/aromatic N) is 3. The molecule has 2 heterocycles. The van der Waals surface area contributed by atoms with Gasteiger partial charge in [0.15, 0.2) is 5.96 Å². The third kappa shape index (κ3) is 6.88. The molecular weight excluding hydrogens is 493 g/mol. The molecule has 0 aromatic heterocycles. The van der Waals surface area contributed by atoms with Gasteiger partial charge in [0.2, 0.25) is 0 Å². The van der Waals surface area contributed by atoms with Crippen molar-refractivity contribution in [3.8, 4) is 11.5 Å². The third-order valence-corrected chi connectivity index (χ3v) is 5.68. The van der Waals surface area contributed by atoms with E-state index in [1.54, 1.807) is 0 Å². The average Bonchev–Trinajstić information content (AvgIpc) is 3.10. The second-order valence-electron chi connectivity index (χ2n) is 7.76. The Morgan fingerprint density at radius 1 is 1.17 bits per heavy atom. The molecule has 1 saturated heterocycles. The van der Waals surface area contributed by atoms with Crippen LogP contribution in [0.1, 0.15) is 31.9 Å². The van der Waals surface area contributed by atoms with E-state index < -0.39 is 0 Å². The molecule has 2 N–H and O–H groups in total. The largest absolute Gasteiger partial charge is 0.494 e. The third-order valence-electron chi connectivity index (χ3n) is 5.68. The first-order valence-electron chi connectivity index (χ1n) is 11.0. The number of nitrogens with one attached hydrogen (secondary N) is 2. The molecule has 1 aromatic rings. The lowest BCUT2D eigenvalue weighted by Crippen LogP contribution is -2.49. The maximum atomic E-state index is 5.92. The molecule has 7 nitrogen and oxygen atoms in total.